The topological polar surface area (TPSA) is 784 Å². The molecule has 0 bridgehead atoms. The minimum Gasteiger partial charge on any atom is -0.481 e. The number of anilines is 3. The maximum absolute atomic E-state index is 14.9. The molecular formula is C87H126N30O18S. The van der Waals surface area contributed by atoms with Gasteiger partial charge in [-0.05, 0) is 121 Å². The van der Waals surface area contributed by atoms with E-state index in [1.807, 2.05) is 42.5 Å². The molecule has 3 aromatic heterocycles. The average Bonchev–Trinajstić information content (AvgIpc) is 1.42. The fourth-order valence-electron chi connectivity index (χ4n) is 14.4. The van der Waals surface area contributed by atoms with Crippen molar-refractivity contribution in [2.75, 3.05) is 35.6 Å². The lowest BCUT2D eigenvalue weighted by molar-refractivity contribution is -0.139. The van der Waals surface area contributed by atoms with Crippen molar-refractivity contribution < 1.29 is 86.6 Å². The monoisotopic (exact) mass is 1910 g/mol. The zero-order chi connectivity index (χ0) is 99.8. The molecule has 49 heteroatoms. The molecule has 6 aromatic rings. The number of hydrogen-bond acceptors (Lipinski definition) is 26. The van der Waals surface area contributed by atoms with Gasteiger partial charge >= 0.3 is 5.97 Å². The molecule has 0 radical (unpaired) electrons. The predicted molar refractivity (Wildman–Crippen MR) is 501 cm³/mol. The number of fused-ring (bicyclic) bond motifs is 1. The Morgan fingerprint density at radius 2 is 0.912 bits per heavy atom. The minimum absolute atomic E-state index is 0.00618. The van der Waals surface area contributed by atoms with Crippen molar-refractivity contribution in [2.24, 2.45) is 46.2 Å². The Labute approximate surface area is 787 Å². The number of H-pyrrole nitrogens is 3. The lowest BCUT2D eigenvalue weighted by Gasteiger charge is -2.29. The van der Waals surface area contributed by atoms with E-state index in [0.29, 0.717) is 41.0 Å². The van der Waals surface area contributed by atoms with E-state index in [9.17, 15) is 86.6 Å². The highest BCUT2D eigenvalue weighted by Gasteiger charge is 2.43. The number of thioether (sulfide) groups is 1. The third kappa shape index (κ3) is 35.1. The molecule has 1 saturated heterocycles. The first-order chi connectivity index (χ1) is 64.7. The largest absolute Gasteiger partial charge is 0.481 e. The van der Waals surface area contributed by atoms with Crippen molar-refractivity contribution in [2.45, 2.75) is 234 Å². The fraction of sp³-hybridized carbons (Fsp3) is 0.494. The minimum atomic E-state index is -1.79. The lowest BCUT2D eigenvalue weighted by atomic mass is 9.97. The van der Waals surface area contributed by atoms with Crippen molar-refractivity contribution in [3.05, 3.63) is 121 Å². The van der Waals surface area contributed by atoms with E-state index in [-0.39, 0.29) is 114 Å². The summed E-state index contributed by atoms with van der Waals surface area (Å²) in [5.41, 5.74) is 37.3. The highest BCUT2D eigenvalue weighted by Crippen LogP contribution is 2.38. The molecule has 15 atom stereocenters. The molecule has 136 heavy (non-hydrogen) atoms. The number of aromatic nitrogens is 6. The molecule has 48 nitrogen and oxygen atoms in total. The maximum atomic E-state index is 14.9. The van der Waals surface area contributed by atoms with E-state index in [0.717, 1.165) is 27.7 Å². The van der Waals surface area contributed by atoms with Crippen LogP contribution in [0.2, 0.25) is 0 Å². The van der Waals surface area contributed by atoms with Crippen molar-refractivity contribution in [3.8, 4) is 0 Å². The van der Waals surface area contributed by atoms with Crippen LogP contribution in [0.3, 0.4) is 0 Å². The number of imide groups is 1. The number of aliphatic carboxylic acids is 1. The Balaban J connectivity index is 1.04. The third-order valence-corrected chi connectivity index (χ3v) is 23.3. The number of carboxylic acids is 1. The molecule has 33 N–H and O–H groups in total. The number of benzene rings is 3. The van der Waals surface area contributed by atoms with Crippen LogP contribution in [-0.2, 0) is 101 Å². The van der Waals surface area contributed by atoms with Crippen LogP contribution in [0.15, 0.2) is 104 Å². The molecule has 0 aliphatic carbocycles. The van der Waals surface area contributed by atoms with E-state index in [1.54, 1.807) is 52.0 Å². The number of imidazole rings is 3. The van der Waals surface area contributed by atoms with E-state index >= 15 is 0 Å². The van der Waals surface area contributed by atoms with Crippen molar-refractivity contribution in [1.82, 2.24) is 104 Å². The van der Waals surface area contributed by atoms with Gasteiger partial charge in [-0.1, -0.05) is 76.6 Å². The number of nitrogens with two attached hydrogens (primary N) is 6. The van der Waals surface area contributed by atoms with E-state index in [1.165, 1.54) is 51.4 Å². The van der Waals surface area contributed by atoms with E-state index < -0.39 is 221 Å². The molecule has 3 aromatic carbocycles. The predicted octanol–water partition coefficient (Wildman–Crippen LogP) is -3.61. The van der Waals surface area contributed by atoms with Gasteiger partial charge in [0, 0.05) is 115 Å². The zero-order valence-corrected chi connectivity index (χ0v) is 77.3. The molecule has 4 heterocycles. The van der Waals surface area contributed by atoms with E-state index in [2.05, 4.69) is 110 Å². The van der Waals surface area contributed by atoms with Crippen LogP contribution < -0.4 is 119 Å². The van der Waals surface area contributed by atoms with Gasteiger partial charge in [0.05, 0.1) is 36.0 Å². The number of para-hydroxylation sites is 1. The molecule has 16 amide bonds. The van der Waals surface area contributed by atoms with Crippen LogP contribution in [0.4, 0.5) is 17.1 Å². The SMILES string of the molecule is CC[C@H](C)[C@H](NC(=O)[C@H](CCC(N)=O)NC(=O)[C@@H](N)Cc1cnc[nH]1)C(=O)N[C@@H](C)C(=O)N[C@@H](Cc1cnc[nH]1)C(=O)N[C@@H](CCCCN)C(=O)N[C@@H](C)C(=O)N[C@@H](CCC(=O)O)C(=O)N[C@@H](Cc1cnc[nH]1)C(=O)N[C@@H](CCCNC(=N)N)C(=O)N[C@@H](CC(C)C)C(=O)N[C@@H](CCCNC(=N)N)C(=O)N[C@@H](CSC1CC(=O)N(c2ccc(Nc3ccccc3)c3ccccc23)C1=O)C(N)=O. The number of carboxylic acid groups (broad SMARTS) is 1. The summed E-state index contributed by atoms with van der Waals surface area (Å²) in [6.07, 6.45) is 5.41. The van der Waals surface area contributed by atoms with Crippen molar-refractivity contribution >= 4 is 152 Å². The second-order valence-electron chi connectivity index (χ2n) is 33.3. The summed E-state index contributed by atoms with van der Waals surface area (Å²) < 4.78 is 0. The summed E-state index contributed by atoms with van der Waals surface area (Å²) in [6.45, 7) is 9.43. The zero-order valence-electron chi connectivity index (χ0n) is 76.5. The van der Waals surface area contributed by atoms with Crippen LogP contribution in [0.5, 0.6) is 0 Å². The Bertz CT molecular complexity index is 5110. The average molecular weight is 1910 g/mol. The van der Waals surface area contributed by atoms with Crippen LogP contribution in [0, 0.1) is 22.7 Å². The number of unbranched alkanes of at least 4 members (excludes halogenated alkanes) is 1. The first-order valence-electron chi connectivity index (χ1n) is 44.5. The molecular weight excluding hydrogens is 1790 g/mol. The van der Waals surface area contributed by atoms with Gasteiger partial charge in [0.25, 0.3) is 0 Å². The molecule has 0 saturated carbocycles. The summed E-state index contributed by atoms with van der Waals surface area (Å²) >= 11 is 0.904. The standard InChI is InChI=1S/C87H126N30O18S/c1-7-46(4)71(116-80(130)60(25-28-68(90)118)108-75(125)55(89)34-50-38-96-42-101-50)84(134)105-48(6)74(124)112-63(35-51-39-97-43-102-51)82(132)109-57(21-13-14-30-88)76(126)104-47(5)73(123)107-61(26-29-70(120)121)79(129)114-64(36-52-40-98-44-103-52)83(133)111-58(22-15-31-99-86(92)93)77(127)113-62(33-45(2)3)81(131)110-59(23-16-32-100-87(94)95)78(128)115-65(72(91)122)41-136-67-37-69(119)117(85(67)135)66-27-24-56(53-19-11-12-20-54(53)66)106-49-17-9-8-10-18-49/h8-12,17-20,24,27,38-40,42-48,55,57-65,67,71,106H,7,13-16,21-23,25-26,28-37,41,88-89H2,1-6H3,(H2,90,118)(H2,91,122)(H,96,101)(H,97,102)(H,98,103)(H,104,126)(H,105,134)(H,107,123)(H,108,125)(H,109,132)(H,110,131)(H,111,133)(H,112,124)(H,113,127)(H,114,129)(H,115,128)(H,116,130)(H,120,121)(H4,92,93,99)(H4,94,95,100)/t46-,47-,48-,55-,57-,58-,59-,60-,61-,62-,63-,64-,65-,67?,71-/m0/s1. The Morgan fingerprint density at radius 1 is 0.485 bits per heavy atom. The van der Waals surface area contributed by atoms with Gasteiger partial charge < -0.3 is 134 Å². The molecule has 1 aliphatic rings. The van der Waals surface area contributed by atoms with Crippen molar-refractivity contribution in [3.63, 3.8) is 0 Å². The number of guanidine groups is 2. The normalized spacial score (nSPS) is 15.4. The van der Waals surface area contributed by atoms with Gasteiger partial charge in [-0.25, -0.2) is 19.9 Å². The maximum Gasteiger partial charge on any atom is 0.303 e. The number of hydrogen-bond donors (Lipinski definition) is 27. The molecule has 1 fully saturated rings. The molecule has 738 valence electrons. The number of aromatic amines is 3. The number of nitrogens with zero attached hydrogens (tertiary/aromatic N) is 4. The van der Waals surface area contributed by atoms with Crippen LogP contribution in [0.1, 0.15) is 149 Å². The van der Waals surface area contributed by atoms with Crippen molar-refractivity contribution in [1.29, 1.82) is 10.8 Å². The van der Waals surface area contributed by atoms with Gasteiger partial charge in [0.1, 0.15) is 72.5 Å². The second kappa shape index (κ2) is 54.5. The highest BCUT2D eigenvalue weighted by molar-refractivity contribution is 8.00. The smallest absolute Gasteiger partial charge is 0.303 e. The van der Waals surface area contributed by atoms with Gasteiger partial charge in [0.15, 0.2) is 11.9 Å². The number of rotatable bonds is 59. The van der Waals surface area contributed by atoms with Crippen LogP contribution >= 0.6 is 11.8 Å². The van der Waals surface area contributed by atoms with Gasteiger partial charge in [-0.3, -0.25) is 92.3 Å². The summed E-state index contributed by atoms with van der Waals surface area (Å²) in [7, 11) is 0. The number of primary amides is 2. The third-order valence-electron chi connectivity index (χ3n) is 22.0. The Hall–Kier alpha value is -14.7. The van der Waals surface area contributed by atoms with Gasteiger partial charge in [0.2, 0.25) is 94.5 Å². The number of nitrogens with one attached hydrogen (secondary N) is 20. The fourth-order valence-corrected chi connectivity index (χ4v) is 15.6. The summed E-state index contributed by atoms with van der Waals surface area (Å²) in [5.74, 6) is -18.0. The lowest BCUT2D eigenvalue weighted by Crippen LogP contribution is -2.61. The molecule has 1 aliphatic heterocycles. The highest BCUT2D eigenvalue weighted by atomic mass is 32.2. The summed E-state index contributed by atoms with van der Waals surface area (Å²) in [5, 5.41) is 65.2. The number of amides is 16. The summed E-state index contributed by atoms with van der Waals surface area (Å²) in [4.78, 5) is 260. The van der Waals surface area contributed by atoms with Gasteiger partial charge in [-0.15, -0.1) is 11.8 Å². The van der Waals surface area contributed by atoms with Crippen LogP contribution in [-0.4, -0.2) is 257 Å². The van der Waals surface area contributed by atoms with E-state index in [4.69, 9.17) is 45.2 Å². The first kappa shape index (κ1) is 108. The number of carbonyl (C=O) groups excluding carboxylic acids is 16. The van der Waals surface area contributed by atoms with Gasteiger partial charge in [-0.2, -0.15) is 0 Å². The summed E-state index contributed by atoms with van der Waals surface area (Å²) in [6, 6.07) is 0.486. The van der Waals surface area contributed by atoms with Crippen LogP contribution in [0.25, 0.3) is 10.8 Å². The quantitative estimate of drug-likeness (QED) is 0.00759. The first-order valence-corrected chi connectivity index (χ1v) is 45.6. The Kier molecular flexibility index (Phi) is 43.4. The molecule has 7 rings (SSSR count). The number of carbonyl (C=O) groups is 17. The Morgan fingerprint density at radius 3 is 1.40 bits per heavy atom. The molecule has 1 unspecified atom stereocenters. The molecule has 0 spiro atoms. The second-order valence-corrected chi connectivity index (χ2v) is 34.5.